The van der Waals surface area contributed by atoms with E-state index in [4.69, 9.17) is 23.2 Å². The molecule has 0 atom stereocenters. The molecule has 0 saturated carbocycles. The van der Waals surface area contributed by atoms with Gasteiger partial charge in [0.25, 0.3) is 5.91 Å². The summed E-state index contributed by atoms with van der Waals surface area (Å²) in [5.74, 6) is -0.332. The molecule has 1 aliphatic carbocycles. The largest absolute Gasteiger partial charge is 0.319 e. The van der Waals surface area contributed by atoms with Crippen molar-refractivity contribution in [2.45, 2.75) is 19.3 Å². The second-order valence-corrected chi connectivity index (χ2v) is 7.30. The zero-order valence-electron chi connectivity index (χ0n) is 11.7. The van der Waals surface area contributed by atoms with Crippen LogP contribution in [-0.4, -0.2) is 11.6 Å². The number of rotatable bonds is 1. The molecule has 0 radical (unpaired) electrons. The molecule has 1 aliphatic heterocycles. The van der Waals surface area contributed by atoms with Gasteiger partial charge in [-0.15, -0.1) is 11.3 Å². The Kier molecular flexibility index (Phi) is 3.42. The minimum absolute atomic E-state index is 0.251. The van der Waals surface area contributed by atoms with Gasteiger partial charge in [-0.1, -0.05) is 23.2 Å². The summed E-state index contributed by atoms with van der Waals surface area (Å²) in [6.07, 6.45) is 2.95. The highest BCUT2D eigenvalue weighted by Crippen LogP contribution is 2.42. The number of nitrogens with one attached hydrogen (secondary N) is 1. The number of amides is 1. The standard InChI is InChI=1S/C16H9Cl2N3OS/c17-7-4-9-13(11(18)5-7)20-15(22)14(9)21-16-10(6-19)8-2-1-3-12(8)23-16/h4-5H,1-3H2,(H,20,21,22). The van der Waals surface area contributed by atoms with Crippen LogP contribution < -0.4 is 5.32 Å². The minimum Gasteiger partial charge on any atom is -0.319 e. The number of aryl methyl sites for hydroxylation is 1. The highest BCUT2D eigenvalue weighted by Gasteiger charge is 2.30. The number of nitrogens with zero attached hydrogens (tertiary/aromatic N) is 2. The third-order valence-electron chi connectivity index (χ3n) is 3.99. The molecule has 0 bridgehead atoms. The fraction of sp³-hybridized carbons (Fsp3) is 0.188. The second-order valence-electron chi connectivity index (χ2n) is 5.37. The van der Waals surface area contributed by atoms with Crippen molar-refractivity contribution >= 4 is 56.8 Å². The van der Waals surface area contributed by atoms with Crippen LogP contribution in [0.4, 0.5) is 10.7 Å². The summed E-state index contributed by atoms with van der Waals surface area (Å²) in [5.41, 5.74) is 3.01. The zero-order chi connectivity index (χ0) is 16.1. The monoisotopic (exact) mass is 361 g/mol. The van der Waals surface area contributed by atoms with Crippen molar-refractivity contribution in [1.82, 2.24) is 0 Å². The van der Waals surface area contributed by atoms with Crippen molar-refractivity contribution in [3.8, 4) is 6.07 Å². The zero-order valence-corrected chi connectivity index (χ0v) is 14.1. The Balaban J connectivity index is 1.89. The summed E-state index contributed by atoms with van der Waals surface area (Å²) in [7, 11) is 0. The van der Waals surface area contributed by atoms with Gasteiger partial charge in [-0.25, -0.2) is 4.99 Å². The van der Waals surface area contributed by atoms with E-state index in [0.29, 0.717) is 31.9 Å². The fourth-order valence-corrected chi connectivity index (χ4v) is 4.73. The molecular weight excluding hydrogens is 353 g/mol. The van der Waals surface area contributed by atoms with Gasteiger partial charge in [-0.2, -0.15) is 5.26 Å². The highest BCUT2D eigenvalue weighted by molar-refractivity contribution is 7.16. The molecule has 1 amide bonds. The number of carbonyl (C=O) groups is 1. The van der Waals surface area contributed by atoms with Crippen LogP contribution in [0.5, 0.6) is 0 Å². The summed E-state index contributed by atoms with van der Waals surface area (Å²) in [5, 5.41) is 13.6. The number of benzene rings is 1. The summed E-state index contributed by atoms with van der Waals surface area (Å²) in [6, 6.07) is 5.47. The molecule has 4 rings (SSSR count). The van der Waals surface area contributed by atoms with E-state index in [0.717, 1.165) is 24.8 Å². The minimum atomic E-state index is -0.332. The molecule has 2 aliphatic rings. The molecule has 1 aromatic heterocycles. The maximum atomic E-state index is 12.3. The Morgan fingerprint density at radius 3 is 2.91 bits per heavy atom. The molecule has 0 spiro atoms. The summed E-state index contributed by atoms with van der Waals surface area (Å²) in [6.45, 7) is 0. The SMILES string of the molecule is N#Cc1c(N=C2C(=O)Nc3c(Cl)cc(Cl)cc32)sc2c1CCC2. The van der Waals surface area contributed by atoms with Gasteiger partial charge in [0, 0.05) is 15.5 Å². The van der Waals surface area contributed by atoms with E-state index in [-0.39, 0.29) is 11.6 Å². The van der Waals surface area contributed by atoms with Gasteiger partial charge in [0.15, 0.2) is 0 Å². The van der Waals surface area contributed by atoms with Crippen LogP contribution >= 0.6 is 34.5 Å². The Morgan fingerprint density at radius 1 is 1.30 bits per heavy atom. The lowest BCUT2D eigenvalue weighted by Gasteiger charge is -2.01. The number of hydrogen-bond donors (Lipinski definition) is 1. The lowest BCUT2D eigenvalue weighted by Crippen LogP contribution is -2.13. The topological polar surface area (TPSA) is 65.2 Å². The van der Waals surface area contributed by atoms with Crippen LogP contribution in [0.2, 0.25) is 10.0 Å². The molecule has 7 heteroatoms. The lowest BCUT2D eigenvalue weighted by atomic mass is 10.1. The average molecular weight is 362 g/mol. The Hall–Kier alpha value is -1.87. The molecule has 1 aromatic carbocycles. The molecule has 0 fully saturated rings. The van der Waals surface area contributed by atoms with Crippen molar-refractivity contribution in [3.63, 3.8) is 0 Å². The van der Waals surface area contributed by atoms with Crippen molar-refractivity contribution < 1.29 is 4.79 Å². The highest BCUT2D eigenvalue weighted by atomic mass is 35.5. The molecular formula is C16H9Cl2N3OS. The number of aliphatic imine (C=N–C) groups is 1. The fourth-order valence-electron chi connectivity index (χ4n) is 2.98. The van der Waals surface area contributed by atoms with E-state index < -0.39 is 0 Å². The van der Waals surface area contributed by atoms with Gasteiger partial charge < -0.3 is 5.32 Å². The quantitative estimate of drug-likeness (QED) is 0.812. The Morgan fingerprint density at radius 2 is 2.13 bits per heavy atom. The molecule has 2 aromatic rings. The lowest BCUT2D eigenvalue weighted by molar-refractivity contribution is -0.110. The summed E-state index contributed by atoms with van der Waals surface area (Å²) < 4.78 is 0. The van der Waals surface area contributed by atoms with Crippen molar-refractivity contribution in [3.05, 3.63) is 43.7 Å². The maximum absolute atomic E-state index is 12.3. The Labute approximate surface area is 146 Å². The third kappa shape index (κ3) is 2.26. The number of carbonyl (C=O) groups excluding carboxylic acids is 1. The first-order valence-corrected chi connectivity index (χ1v) is 8.60. The normalized spacial score (nSPS) is 17.1. The predicted molar refractivity (Wildman–Crippen MR) is 92.3 cm³/mol. The molecule has 1 N–H and O–H groups in total. The van der Waals surface area contributed by atoms with Gasteiger partial charge in [-0.05, 0) is 37.0 Å². The van der Waals surface area contributed by atoms with Crippen LogP contribution in [0, 0.1) is 11.3 Å². The number of nitriles is 1. The van der Waals surface area contributed by atoms with Gasteiger partial charge in [0.2, 0.25) is 0 Å². The average Bonchev–Trinajstić information content (AvgIpc) is 3.14. The van der Waals surface area contributed by atoms with Gasteiger partial charge >= 0.3 is 0 Å². The van der Waals surface area contributed by atoms with Crippen molar-refractivity contribution in [2.75, 3.05) is 5.32 Å². The van der Waals surface area contributed by atoms with Crippen LogP contribution in [-0.2, 0) is 17.6 Å². The van der Waals surface area contributed by atoms with Crippen LogP contribution in [0.3, 0.4) is 0 Å². The van der Waals surface area contributed by atoms with Crippen LogP contribution in [0.25, 0.3) is 0 Å². The van der Waals surface area contributed by atoms with Crippen molar-refractivity contribution in [2.24, 2.45) is 4.99 Å². The third-order valence-corrected chi connectivity index (χ3v) is 5.69. The molecule has 2 heterocycles. The van der Waals surface area contributed by atoms with Crippen molar-refractivity contribution in [1.29, 1.82) is 5.26 Å². The second kappa shape index (κ2) is 5.34. The van der Waals surface area contributed by atoms with E-state index in [1.165, 1.54) is 16.2 Å². The predicted octanol–water partition coefficient (Wildman–Crippen LogP) is 4.49. The van der Waals surface area contributed by atoms with Gasteiger partial charge in [0.05, 0.1) is 16.3 Å². The molecule has 114 valence electrons. The molecule has 23 heavy (non-hydrogen) atoms. The molecule has 0 saturated heterocycles. The van der Waals surface area contributed by atoms with E-state index in [2.05, 4.69) is 16.4 Å². The van der Waals surface area contributed by atoms with Crippen LogP contribution in [0.1, 0.15) is 28.0 Å². The number of fused-ring (bicyclic) bond motifs is 2. The summed E-state index contributed by atoms with van der Waals surface area (Å²) >= 11 is 13.6. The number of thiophene rings is 1. The maximum Gasteiger partial charge on any atom is 0.275 e. The number of anilines is 1. The Bertz CT molecular complexity index is 940. The van der Waals surface area contributed by atoms with E-state index in [1.807, 2.05) is 0 Å². The first-order chi connectivity index (χ1) is 11.1. The van der Waals surface area contributed by atoms with Gasteiger partial charge in [0.1, 0.15) is 16.8 Å². The number of halogens is 2. The van der Waals surface area contributed by atoms with E-state index in [1.54, 1.807) is 12.1 Å². The molecule has 4 nitrogen and oxygen atoms in total. The van der Waals surface area contributed by atoms with E-state index in [9.17, 15) is 10.1 Å². The van der Waals surface area contributed by atoms with E-state index >= 15 is 0 Å². The van der Waals surface area contributed by atoms with Gasteiger partial charge in [-0.3, -0.25) is 4.79 Å². The first kappa shape index (κ1) is 14.7. The molecule has 0 unspecified atom stereocenters. The summed E-state index contributed by atoms with van der Waals surface area (Å²) in [4.78, 5) is 17.9. The first-order valence-electron chi connectivity index (χ1n) is 7.02. The smallest absolute Gasteiger partial charge is 0.275 e. The van der Waals surface area contributed by atoms with Crippen LogP contribution in [0.15, 0.2) is 17.1 Å². The number of hydrogen-bond acceptors (Lipinski definition) is 4.